The molecule has 5 heteroatoms. The first-order chi connectivity index (χ1) is 12.6. The summed E-state index contributed by atoms with van der Waals surface area (Å²) in [7, 11) is 1.60. The summed E-state index contributed by atoms with van der Waals surface area (Å²) in [4.78, 5) is 27.2. The minimum absolute atomic E-state index is 0.0322. The van der Waals surface area contributed by atoms with E-state index < -0.39 is 0 Å². The van der Waals surface area contributed by atoms with Gasteiger partial charge in [-0.2, -0.15) is 0 Å². The summed E-state index contributed by atoms with van der Waals surface area (Å²) < 4.78 is 5.31. The van der Waals surface area contributed by atoms with Crippen molar-refractivity contribution < 1.29 is 14.3 Å². The second-order valence-corrected chi connectivity index (χ2v) is 6.63. The minimum Gasteiger partial charge on any atom is -0.496 e. The highest BCUT2D eigenvalue weighted by Crippen LogP contribution is 2.23. The Morgan fingerprint density at radius 3 is 2.65 bits per heavy atom. The molecule has 0 bridgehead atoms. The number of nitrogens with one attached hydrogen (secondary N) is 1. The lowest BCUT2D eigenvalue weighted by atomic mass is 9.96. The SMILES string of the molecule is COc1cc(C(=O)N2CCC[C@H](C(=O)Nc3ccccc3)C2)ccc1C. The van der Waals surface area contributed by atoms with Crippen molar-refractivity contribution in [3.63, 3.8) is 0 Å². The van der Waals surface area contributed by atoms with Crippen molar-refractivity contribution in [2.75, 3.05) is 25.5 Å². The minimum atomic E-state index is -0.194. The van der Waals surface area contributed by atoms with Gasteiger partial charge in [0, 0.05) is 24.3 Å². The number of hydrogen-bond acceptors (Lipinski definition) is 3. The normalized spacial score (nSPS) is 16.8. The first kappa shape index (κ1) is 18.0. The van der Waals surface area contributed by atoms with E-state index in [1.54, 1.807) is 18.1 Å². The van der Waals surface area contributed by atoms with Gasteiger partial charge in [0.15, 0.2) is 0 Å². The molecule has 1 fully saturated rings. The maximum Gasteiger partial charge on any atom is 0.254 e. The molecule has 0 spiro atoms. The Hall–Kier alpha value is -2.82. The van der Waals surface area contributed by atoms with Gasteiger partial charge in [-0.1, -0.05) is 24.3 Å². The lowest BCUT2D eigenvalue weighted by Gasteiger charge is -2.32. The maximum absolute atomic E-state index is 12.8. The first-order valence-electron chi connectivity index (χ1n) is 8.88. The number of ether oxygens (including phenoxy) is 1. The van der Waals surface area contributed by atoms with Crippen LogP contribution in [-0.4, -0.2) is 36.9 Å². The van der Waals surface area contributed by atoms with E-state index in [2.05, 4.69) is 5.32 Å². The fourth-order valence-corrected chi connectivity index (χ4v) is 3.28. The van der Waals surface area contributed by atoms with E-state index in [1.807, 2.05) is 49.4 Å². The van der Waals surface area contributed by atoms with Gasteiger partial charge in [-0.3, -0.25) is 9.59 Å². The van der Waals surface area contributed by atoms with E-state index in [1.165, 1.54) is 0 Å². The number of likely N-dealkylation sites (tertiary alicyclic amines) is 1. The van der Waals surface area contributed by atoms with Gasteiger partial charge in [0.2, 0.25) is 5.91 Å². The molecule has 1 saturated heterocycles. The molecule has 0 unspecified atom stereocenters. The molecule has 0 radical (unpaired) electrons. The van der Waals surface area contributed by atoms with Gasteiger partial charge in [0.1, 0.15) is 5.75 Å². The van der Waals surface area contributed by atoms with Gasteiger partial charge in [0.05, 0.1) is 13.0 Å². The summed E-state index contributed by atoms with van der Waals surface area (Å²) in [6, 6.07) is 14.9. The van der Waals surface area contributed by atoms with Gasteiger partial charge in [-0.15, -0.1) is 0 Å². The maximum atomic E-state index is 12.8. The van der Waals surface area contributed by atoms with Crippen molar-refractivity contribution in [2.45, 2.75) is 19.8 Å². The van der Waals surface area contributed by atoms with Crippen LogP contribution in [0.2, 0.25) is 0 Å². The van der Waals surface area contributed by atoms with E-state index in [0.29, 0.717) is 24.4 Å². The number of carbonyl (C=O) groups excluding carboxylic acids is 2. The van der Waals surface area contributed by atoms with Gasteiger partial charge in [-0.25, -0.2) is 0 Å². The monoisotopic (exact) mass is 352 g/mol. The Balaban J connectivity index is 1.68. The number of rotatable bonds is 4. The fraction of sp³-hybridized carbons (Fsp3) is 0.333. The number of anilines is 1. The van der Waals surface area contributed by atoms with E-state index in [9.17, 15) is 9.59 Å². The molecular weight excluding hydrogens is 328 g/mol. The molecule has 2 aromatic carbocycles. The summed E-state index contributed by atoms with van der Waals surface area (Å²) in [6.07, 6.45) is 1.61. The number of hydrogen-bond donors (Lipinski definition) is 1. The second-order valence-electron chi connectivity index (χ2n) is 6.63. The topological polar surface area (TPSA) is 58.6 Å². The highest BCUT2D eigenvalue weighted by atomic mass is 16.5. The quantitative estimate of drug-likeness (QED) is 0.916. The average Bonchev–Trinajstić information content (AvgIpc) is 2.68. The Kier molecular flexibility index (Phi) is 5.56. The third kappa shape index (κ3) is 4.04. The third-order valence-electron chi connectivity index (χ3n) is 4.78. The largest absolute Gasteiger partial charge is 0.496 e. The Morgan fingerprint density at radius 1 is 1.15 bits per heavy atom. The molecule has 0 aliphatic carbocycles. The van der Waals surface area contributed by atoms with Crippen molar-refractivity contribution >= 4 is 17.5 Å². The Labute approximate surface area is 154 Å². The fourth-order valence-electron chi connectivity index (χ4n) is 3.28. The zero-order valence-corrected chi connectivity index (χ0v) is 15.2. The van der Waals surface area contributed by atoms with Gasteiger partial charge in [-0.05, 0) is 49.6 Å². The highest BCUT2D eigenvalue weighted by molar-refractivity contribution is 5.96. The molecule has 1 aliphatic heterocycles. The molecule has 5 nitrogen and oxygen atoms in total. The number of aryl methyl sites for hydroxylation is 1. The molecule has 0 saturated carbocycles. The van der Waals surface area contributed by atoms with Crippen molar-refractivity contribution in [2.24, 2.45) is 5.92 Å². The van der Waals surface area contributed by atoms with Crippen molar-refractivity contribution in [3.8, 4) is 5.75 Å². The molecule has 3 rings (SSSR count). The number of methoxy groups -OCH3 is 1. The van der Waals surface area contributed by atoms with Crippen LogP contribution in [0.4, 0.5) is 5.69 Å². The summed E-state index contributed by atoms with van der Waals surface area (Å²) in [6.45, 7) is 3.05. The first-order valence-corrected chi connectivity index (χ1v) is 8.88. The van der Waals surface area contributed by atoms with Gasteiger partial charge in [0.25, 0.3) is 5.91 Å². The molecule has 1 aliphatic rings. The van der Waals surface area contributed by atoms with Crippen LogP contribution in [-0.2, 0) is 4.79 Å². The van der Waals surface area contributed by atoms with Crippen LogP contribution in [0.5, 0.6) is 5.75 Å². The molecule has 136 valence electrons. The molecule has 26 heavy (non-hydrogen) atoms. The summed E-state index contributed by atoms with van der Waals surface area (Å²) in [5, 5.41) is 2.94. The van der Waals surface area contributed by atoms with Crippen LogP contribution in [0.3, 0.4) is 0 Å². The standard InChI is InChI=1S/C21H24N2O3/c1-15-10-11-16(13-19(15)26-2)21(25)23-12-6-7-17(14-23)20(24)22-18-8-4-3-5-9-18/h3-5,8-11,13,17H,6-7,12,14H2,1-2H3,(H,22,24)/t17-/m0/s1. The number of carbonyl (C=O) groups is 2. The predicted molar refractivity (Wildman–Crippen MR) is 101 cm³/mol. The number of amides is 2. The molecule has 1 N–H and O–H groups in total. The summed E-state index contributed by atoms with van der Waals surface area (Å²) >= 11 is 0. The third-order valence-corrected chi connectivity index (χ3v) is 4.78. The number of benzene rings is 2. The molecule has 1 heterocycles. The summed E-state index contributed by atoms with van der Waals surface area (Å²) in [5.41, 5.74) is 2.36. The zero-order chi connectivity index (χ0) is 18.5. The van der Waals surface area contributed by atoms with Crippen LogP contribution in [0, 0.1) is 12.8 Å². The van der Waals surface area contributed by atoms with Crippen LogP contribution in [0.25, 0.3) is 0 Å². The Bertz CT molecular complexity index is 789. The van der Waals surface area contributed by atoms with E-state index in [0.717, 1.165) is 24.1 Å². The highest BCUT2D eigenvalue weighted by Gasteiger charge is 2.29. The lowest BCUT2D eigenvalue weighted by molar-refractivity contribution is -0.121. The molecule has 0 aromatic heterocycles. The molecule has 2 aromatic rings. The van der Waals surface area contributed by atoms with Crippen LogP contribution in [0.15, 0.2) is 48.5 Å². The van der Waals surface area contributed by atoms with Crippen molar-refractivity contribution in [1.29, 1.82) is 0 Å². The van der Waals surface area contributed by atoms with E-state index >= 15 is 0 Å². The van der Waals surface area contributed by atoms with E-state index in [4.69, 9.17) is 4.74 Å². The van der Waals surface area contributed by atoms with E-state index in [-0.39, 0.29) is 17.7 Å². The van der Waals surface area contributed by atoms with Crippen molar-refractivity contribution in [3.05, 3.63) is 59.7 Å². The lowest BCUT2D eigenvalue weighted by Crippen LogP contribution is -2.43. The van der Waals surface area contributed by atoms with Gasteiger partial charge < -0.3 is 15.0 Å². The molecule has 2 amide bonds. The second kappa shape index (κ2) is 8.04. The van der Waals surface area contributed by atoms with Crippen LogP contribution < -0.4 is 10.1 Å². The predicted octanol–water partition coefficient (Wildman–Crippen LogP) is 3.49. The number of para-hydroxylation sites is 1. The number of nitrogens with zero attached hydrogens (tertiary/aromatic N) is 1. The van der Waals surface area contributed by atoms with Crippen molar-refractivity contribution in [1.82, 2.24) is 4.90 Å². The van der Waals surface area contributed by atoms with Gasteiger partial charge >= 0.3 is 0 Å². The average molecular weight is 352 g/mol. The smallest absolute Gasteiger partial charge is 0.254 e. The van der Waals surface area contributed by atoms with Crippen LogP contribution >= 0.6 is 0 Å². The summed E-state index contributed by atoms with van der Waals surface area (Å²) in [5.74, 6) is 0.419. The zero-order valence-electron chi connectivity index (χ0n) is 15.2. The molecule has 1 atom stereocenters. The van der Waals surface area contributed by atoms with Crippen LogP contribution in [0.1, 0.15) is 28.8 Å². The molecular formula is C21H24N2O3. The Morgan fingerprint density at radius 2 is 1.92 bits per heavy atom. The number of piperidine rings is 1.